The first-order valence-corrected chi connectivity index (χ1v) is 3.88. The van der Waals surface area contributed by atoms with Gasteiger partial charge >= 0.3 is 0 Å². The second-order valence-electron chi connectivity index (χ2n) is 2.83. The molecule has 0 radical (unpaired) electrons. The Hall–Kier alpha value is -1.12. The van der Waals surface area contributed by atoms with Crippen LogP contribution in [0.25, 0.3) is 0 Å². The van der Waals surface area contributed by atoms with Gasteiger partial charge in [-0.2, -0.15) is 0 Å². The Morgan fingerprint density at radius 2 is 2.08 bits per heavy atom. The normalized spacial score (nSPS) is 15.2. The zero-order chi connectivity index (χ0) is 8.55. The van der Waals surface area contributed by atoms with Crippen LogP contribution in [-0.2, 0) is 6.42 Å². The number of fused-ring (bicyclic) bond motifs is 1. The molecule has 0 bridgehead atoms. The van der Waals surface area contributed by atoms with Gasteiger partial charge in [0, 0.05) is 11.6 Å². The van der Waals surface area contributed by atoms with Crippen molar-refractivity contribution in [2.45, 2.75) is 12.8 Å². The fraction of sp³-hybridized carbons (Fsp3) is 0.333. The van der Waals surface area contributed by atoms with E-state index >= 15 is 0 Å². The van der Waals surface area contributed by atoms with Crippen LogP contribution in [0.3, 0.4) is 0 Å². The lowest BCUT2D eigenvalue weighted by Gasteiger charge is -2.17. The van der Waals surface area contributed by atoms with Gasteiger partial charge < -0.3 is 4.74 Å². The third kappa shape index (κ3) is 1.15. The van der Waals surface area contributed by atoms with Crippen molar-refractivity contribution in [3.8, 4) is 5.75 Å². The number of hydrogen-bond donors (Lipinski definition) is 0. The molecule has 12 heavy (non-hydrogen) atoms. The van der Waals surface area contributed by atoms with E-state index in [1.807, 2.05) is 0 Å². The van der Waals surface area contributed by atoms with Crippen LogP contribution in [0.1, 0.15) is 12.0 Å². The predicted molar refractivity (Wildman–Crippen MR) is 40.2 cm³/mol. The molecule has 64 valence electrons. The fourth-order valence-electron chi connectivity index (χ4n) is 1.40. The lowest BCUT2D eigenvalue weighted by Crippen LogP contribution is -2.10. The smallest absolute Gasteiger partial charge is 0.168 e. The van der Waals surface area contributed by atoms with Gasteiger partial charge in [-0.3, -0.25) is 0 Å². The number of aryl methyl sites for hydroxylation is 1. The summed E-state index contributed by atoms with van der Waals surface area (Å²) in [4.78, 5) is 0. The lowest BCUT2D eigenvalue weighted by atomic mass is 10.1. The minimum atomic E-state index is -0.593. The van der Waals surface area contributed by atoms with Gasteiger partial charge in [0.05, 0.1) is 6.61 Å². The summed E-state index contributed by atoms with van der Waals surface area (Å²) >= 11 is 0. The molecule has 0 amide bonds. The summed E-state index contributed by atoms with van der Waals surface area (Å²) in [5, 5.41) is 0. The highest BCUT2D eigenvalue weighted by Crippen LogP contribution is 2.28. The fourth-order valence-corrected chi connectivity index (χ4v) is 1.40. The molecule has 2 rings (SSSR count). The van der Waals surface area contributed by atoms with Crippen LogP contribution in [0.15, 0.2) is 12.1 Å². The summed E-state index contributed by atoms with van der Waals surface area (Å²) in [6.45, 7) is 0.523. The highest BCUT2D eigenvalue weighted by molar-refractivity contribution is 5.36. The zero-order valence-electron chi connectivity index (χ0n) is 6.44. The third-order valence-corrected chi connectivity index (χ3v) is 1.92. The van der Waals surface area contributed by atoms with Crippen LogP contribution in [-0.4, -0.2) is 6.61 Å². The predicted octanol–water partition coefficient (Wildman–Crippen LogP) is 2.29. The summed E-state index contributed by atoms with van der Waals surface area (Å²) < 4.78 is 30.7. The van der Waals surface area contributed by atoms with Gasteiger partial charge in [0.1, 0.15) is 5.82 Å². The molecule has 0 spiro atoms. The van der Waals surface area contributed by atoms with Crippen LogP contribution >= 0.6 is 0 Å². The highest BCUT2D eigenvalue weighted by Gasteiger charge is 2.15. The molecule has 1 aromatic rings. The molecule has 1 heterocycles. The van der Waals surface area contributed by atoms with Crippen molar-refractivity contribution in [1.82, 2.24) is 0 Å². The van der Waals surface area contributed by atoms with E-state index < -0.39 is 11.6 Å². The number of hydrogen-bond acceptors (Lipinski definition) is 1. The quantitative estimate of drug-likeness (QED) is 0.580. The molecular weight excluding hydrogens is 162 g/mol. The number of benzene rings is 1. The van der Waals surface area contributed by atoms with Gasteiger partial charge in [-0.15, -0.1) is 0 Å². The molecule has 0 unspecified atom stereocenters. The van der Waals surface area contributed by atoms with Gasteiger partial charge in [0.2, 0.25) is 0 Å². The Kier molecular flexibility index (Phi) is 1.71. The van der Waals surface area contributed by atoms with Crippen LogP contribution in [0, 0.1) is 11.6 Å². The molecule has 0 saturated heterocycles. The van der Waals surface area contributed by atoms with Crippen molar-refractivity contribution >= 4 is 0 Å². The maximum Gasteiger partial charge on any atom is 0.168 e. The Morgan fingerprint density at radius 3 is 2.92 bits per heavy atom. The summed E-state index contributed by atoms with van der Waals surface area (Å²) in [6.07, 6.45) is 1.53. The molecule has 1 aliphatic rings. The van der Waals surface area contributed by atoms with Crippen LogP contribution in [0.4, 0.5) is 8.78 Å². The topological polar surface area (TPSA) is 9.23 Å². The lowest BCUT2D eigenvalue weighted by molar-refractivity contribution is 0.272. The van der Waals surface area contributed by atoms with Gasteiger partial charge in [-0.25, -0.2) is 8.78 Å². The Labute approximate surface area is 69.0 Å². The van der Waals surface area contributed by atoms with E-state index in [2.05, 4.69) is 0 Å². The van der Waals surface area contributed by atoms with E-state index in [0.717, 1.165) is 12.5 Å². The molecule has 1 aliphatic heterocycles. The van der Waals surface area contributed by atoms with Crippen molar-refractivity contribution in [1.29, 1.82) is 0 Å². The SMILES string of the molecule is Fc1cc(F)c2c(c1)CCCO2. The summed E-state index contributed by atoms with van der Waals surface area (Å²) in [7, 11) is 0. The highest BCUT2D eigenvalue weighted by atomic mass is 19.1. The van der Waals surface area contributed by atoms with Gasteiger partial charge in [0.25, 0.3) is 0 Å². The van der Waals surface area contributed by atoms with Crippen LogP contribution in [0.2, 0.25) is 0 Å². The van der Waals surface area contributed by atoms with Crippen molar-refractivity contribution < 1.29 is 13.5 Å². The Bertz CT molecular complexity index is 310. The standard InChI is InChI=1S/C9H8F2O/c10-7-4-6-2-1-3-12-9(6)8(11)5-7/h4-5H,1-3H2. The molecule has 3 heteroatoms. The van der Waals surface area contributed by atoms with Gasteiger partial charge in [0.15, 0.2) is 11.6 Å². The van der Waals surface area contributed by atoms with E-state index in [1.165, 1.54) is 6.07 Å². The molecule has 0 N–H and O–H groups in total. The monoisotopic (exact) mass is 170 g/mol. The molecule has 0 saturated carbocycles. The molecule has 0 aliphatic carbocycles. The molecule has 1 nitrogen and oxygen atoms in total. The summed E-state index contributed by atoms with van der Waals surface area (Å²) in [6, 6.07) is 2.18. The first-order chi connectivity index (χ1) is 5.77. The molecule has 1 aromatic carbocycles. The molecule has 0 fully saturated rings. The molecule has 0 atom stereocenters. The average Bonchev–Trinajstić information content (AvgIpc) is 2.04. The number of halogens is 2. The maximum absolute atomic E-state index is 13.0. The summed E-state index contributed by atoms with van der Waals surface area (Å²) in [5.41, 5.74) is 0.638. The molecule has 0 aromatic heterocycles. The minimum Gasteiger partial charge on any atom is -0.490 e. The maximum atomic E-state index is 13.0. The largest absolute Gasteiger partial charge is 0.490 e. The van der Waals surface area contributed by atoms with Gasteiger partial charge in [-0.05, 0) is 18.9 Å². The van der Waals surface area contributed by atoms with Crippen LogP contribution in [0.5, 0.6) is 5.75 Å². The van der Waals surface area contributed by atoms with E-state index in [1.54, 1.807) is 0 Å². The van der Waals surface area contributed by atoms with Crippen molar-refractivity contribution in [2.75, 3.05) is 6.61 Å². The van der Waals surface area contributed by atoms with E-state index in [0.29, 0.717) is 18.6 Å². The Balaban J connectivity index is 2.53. The van der Waals surface area contributed by atoms with Crippen molar-refractivity contribution in [3.63, 3.8) is 0 Å². The Morgan fingerprint density at radius 1 is 1.25 bits per heavy atom. The number of ether oxygens (including phenoxy) is 1. The van der Waals surface area contributed by atoms with Crippen molar-refractivity contribution in [2.24, 2.45) is 0 Å². The second-order valence-corrected chi connectivity index (χ2v) is 2.83. The second kappa shape index (κ2) is 2.73. The van der Waals surface area contributed by atoms with E-state index in [-0.39, 0.29) is 5.75 Å². The van der Waals surface area contributed by atoms with Crippen molar-refractivity contribution in [3.05, 3.63) is 29.3 Å². The first kappa shape index (κ1) is 7.53. The van der Waals surface area contributed by atoms with Crippen LogP contribution < -0.4 is 4.74 Å². The zero-order valence-corrected chi connectivity index (χ0v) is 6.44. The third-order valence-electron chi connectivity index (χ3n) is 1.92. The molecular formula is C9H8F2O. The van der Waals surface area contributed by atoms with E-state index in [9.17, 15) is 8.78 Å². The number of rotatable bonds is 0. The van der Waals surface area contributed by atoms with Gasteiger partial charge in [-0.1, -0.05) is 0 Å². The first-order valence-electron chi connectivity index (χ1n) is 3.88. The van der Waals surface area contributed by atoms with E-state index in [4.69, 9.17) is 4.74 Å². The summed E-state index contributed by atoms with van der Waals surface area (Å²) in [5.74, 6) is -0.899. The average molecular weight is 170 g/mol. The minimum absolute atomic E-state index is 0.225.